The number of hydrogen-bond donors (Lipinski definition) is 1. The Morgan fingerprint density at radius 3 is 2.65 bits per heavy atom. The zero-order valence-electron chi connectivity index (χ0n) is 10.9. The molecule has 0 saturated carbocycles. The highest BCUT2D eigenvalue weighted by Gasteiger charge is 2.42. The maximum atomic E-state index is 5.92. The molecule has 0 amide bonds. The summed E-state index contributed by atoms with van der Waals surface area (Å²) in [5.41, 5.74) is 10.6. The number of ether oxygens (including phenoxy) is 1. The molecule has 0 bridgehead atoms. The molecular weight excluding hydrogens is 252 g/mol. The molecule has 0 radical (unpaired) electrons. The van der Waals surface area contributed by atoms with Gasteiger partial charge in [0.1, 0.15) is 5.52 Å². The molecule has 4 rings (SSSR count). The number of anilines is 1. The van der Waals surface area contributed by atoms with Crippen molar-refractivity contribution < 1.29 is 9.15 Å². The molecule has 0 unspecified atom stereocenters. The standard InChI is InChI=1S/C16H14N2O2/c17-13-3-1-2-11(6-13)16(8-19-9-16)12-4-5-14-15(7-12)20-10-18-14/h1-7,10H,8-9,17H2. The quantitative estimate of drug-likeness (QED) is 0.724. The molecule has 1 aromatic heterocycles. The number of rotatable bonds is 2. The fourth-order valence-corrected chi connectivity index (χ4v) is 2.80. The second-order valence-electron chi connectivity index (χ2n) is 5.24. The average Bonchev–Trinajstić information content (AvgIpc) is 2.85. The molecule has 1 saturated heterocycles. The molecule has 4 nitrogen and oxygen atoms in total. The van der Waals surface area contributed by atoms with Crippen LogP contribution < -0.4 is 5.73 Å². The number of fused-ring (bicyclic) bond motifs is 1. The van der Waals surface area contributed by atoms with E-state index in [4.69, 9.17) is 14.9 Å². The highest BCUT2D eigenvalue weighted by Crippen LogP contribution is 2.40. The number of aromatic nitrogens is 1. The van der Waals surface area contributed by atoms with Crippen LogP contribution in [0.4, 0.5) is 5.69 Å². The molecule has 1 aliphatic heterocycles. The van der Waals surface area contributed by atoms with Gasteiger partial charge in [-0.3, -0.25) is 0 Å². The Balaban J connectivity index is 1.88. The van der Waals surface area contributed by atoms with Gasteiger partial charge in [0.2, 0.25) is 0 Å². The predicted octanol–water partition coefficient (Wildman–Crippen LogP) is 2.73. The highest BCUT2D eigenvalue weighted by atomic mass is 16.5. The second-order valence-corrected chi connectivity index (χ2v) is 5.24. The number of hydrogen-bond acceptors (Lipinski definition) is 4. The van der Waals surface area contributed by atoms with Crippen molar-refractivity contribution in [2.45, 2.75) is 5.41 Å². The fraction of sp³-hybridized carbons (Fsp3) is 0.188. The highest BCUT2D eigenvalue weighted by molar-refractivity contribution is 5.73. The Bertz CT molecular complexity index is 775. The minimum Gasteiger partial charge on any atom is -0.443 e. The van der Waals surface area contributed by atoms with Gasteiger partial charge in [-0.25, -0.2) is 4.98 Å². The average molecular weight is 266 g/mol. The molecule has 1 fully saturated rings. The van der Waals surface area contributed by atoms with Gasteiger partial charge in [-0.15, -0.1) is 0 Å². The predicted molar refractivity (Wildman–Crippen MR) is 76.5 cm³/mol. The van der Waals surface area contributed by atoms with Crippen LogP contribution in [0.1, 0.15) is 11.1 Å². The van der Waals surface area contributed by atoms with Gasteiger partial charge < -0.3 is 14.9 Å². The maximum Gasteiger partial charge on any atom is 0.181 e. The molecule has 2 aromatic carbocycles. The van der Waals surface area contributed by atoms with Crippen LogP contribution in [-0.4, -0.2) is 18.2 Å². The van der Waals surface area contributed by atoms with Gasteiger partial charge in [-0.1, -0.05) is 18.2 Å². The lowest BCUT2D eigenvalue weighted by Gasteiger charge is -2.42. The summed E-state index contributed by atoms with van der Waals surface area (Å²) in [5, 5.41) is 0. The van der Waals surface area contributed by atoms with E-state index >= 15 is 0 Å². The van der Waals surface area contributed by atoms with E-state index in [1.54, 1.807) is 0 Å². The molecule has 3 aromatic rings. The largest absolute Gasteiger partial charge is 0.443 e. The molecule has 4 heteroatoms. The summed E-state index contributed by atoms with van der Waals surface area (Å²) in [6.45, 7) is 1.33. The van der Waals surface area contributed by atoms with Crippen LogP contribution in [0.2, 0.25) is 0 Å². The van der Waals surface area contributed by atoms with E-state index in [0.29, 0.717) is 13.2 Å². The van der Waals surface area contributed by atoms with Crippen LogP contribution in [0.3, 0.4) is 0 Å². The fourth-order valence-electron chi connectivity index (χ4n) is 2.80. The number of nitrogens with two attached hydrogens (primary N) is 1. The SMILES string of the molecule is Nc1cccc(C2(c3ccc4ncoc4c3)COC2)c1. The van der Waals surface area contributed by atoms with Gasteiger partial charge in [0.15, 0.2) is 12.0 Å². The number of nitrogens with zero attached hydrogens (tertiary/aromatic N) is 1. The van der Waals surface area contributed by atoms with Crippen LogP contribution in [0.5, 0.6) is 0 Å². The maximum absolute atomic E-state index is 5.92. The van der Waals surface area contributed by atoms with E-state index in [2.05, 4.69) is 17.1 Å². The van der Waals surface area contributed by atoms with Crippen molar-refractivity contribution in [3.05, 3.63) is 60.0 Å². The summed E-state index contributed by atoms with van der Waals surface area (Å²) < 4.78 is 10.9. The van der Waals surface area contributed by atoms with Crippen molar-refractivity contribution in [3.8, 4) is 0 Å². The molecule has 1 aliphatic rings. The smallest absolute Gasteiger partial charge is 0.181 e. The lowest BCUT2D eigenvalue weighted by atomic mass is 9.73. The van der Waals surface area contributed by atoms with Gasteiger partial charge in [0, 0.05) is 5.69 Å². The third-order valence-electron chi connectivity index (χ3n) is 4.02. The first-order chi connectivity index (χ1) is 9.78. The van der Waals surface area contributed by atoms with Crippen molar-refractivity contribution in [2.24, 2.45) is 0 Å². The minimum absolute atomic E-state index is 0.129. The van der Waals surface area contributed by atoms with E-state index < -0.39 is 0 Å². The van der Waals surface area contributed by atoms with Gasteiger partial charge in [-0.2, -0.15) is 0 Å². The minimum atomic E-state index is -0.129. The molecular formula is C16H14N2O2. The lowest BCUT2D eigenvalue weighted by Crippen LogP contribution is -2.47. The lowest BCUT2D eigenvalue weighted by molar-refractivity contribution is -0.0379. The topological polar surface area (TPSA) is 61.3 Å². The van der Waals surface area contributed by atoms with E-state index in [0.717, 1.165) is 16.8 Å². The zero-order valence-corrected chi connectivity index (χ0v) is 10.9. The summed E-state index contributed by atoms with van der Waals surface area (Å²) in [6.07, 6.45) is 1.47. The monoisotopic (exact) mass is 266 g/mol. The number of nitrogen functional groups attached to an aromatic ring is 1. The van der Waals surface area contributed by atoms with E-state index in [1.165, 1.54) is 17.5 Å². The van der Waals surface area contributed by atoms with E-state index in [9.17, 15) is 0 Å². The molecule has 0 aliphatic carbocycles. The number of benzene rings is 2. The van der Waals surface area contributed by atoms with Crippen molar-refractivity contribution in [1.82, 2.24) is 4.98 Å². The van der Waals surface area contributed by atoms with E-state index in [1.807, 2.05) is 30.3 Å². The van der Waals surface area contributed by atoms with Gasteiger partial charge >= 0.3 is 0 Å². The Morgan fingerprint density at radius 2 is 1.90 bits per heavy atom. The summed E-state index contributed by atoms with van der Waals surface area (Å²) in [4.78, 5) is 4.15. The number of oxazole rings is 1. The third-order valence-corrected chi connectivity index (χ3v) is 4.02. The van der Waals surface area contributed by atoms with Crippen LogP contribution in [0.15, 0.2) is 53.3 Å². The first-order valence-corrected chi connectivity index (χ1v) is 6.55. The first-order valence-electron chi connectivity index (χ1n) is 6.55. The Labute approximate surface area is 116 Å². The summed E-state index contributed by atoms with van der Waals surface area (Å²) >= 11 is 0. The summed E-state index contributed by atoms with van der Waals surface area (Å²) in [7, 11) is 0. The Kier molecular flexibility index (Phi) is 2.35. The van der Waals surface area contributed by atoms with Gasteiger partial charge in [0.05, 0.1) is 18.6 Å². The van der Waals surface area contributed by atoms with Crippen LogP contribution in [-0.2, 0) is 10.2 Å². The molecule has 0 spiro atoms. The van der Waals surface area contributed by atoms with Crippen molar-refractivity contribution >= 4 is 16.8 Å². The van der Waals surface area contributed by atoms with Crippen molar-refractivity contribution in [3.63, 3.8) is 0 Å². The molecule has 2 N–H and O–H groups in total. The van der Waals surface area contributed by atoms with E-state index in [-0.39, 0.29) is 5.41 Å². The molecule has 100 valence electrons. The Hall–Kier alpha value is -2.33. The third kappa shape index (κ3) is 1.55. The van der Waals surface area contributed by atoms with Gasteiger partial charge in [0.25, 0.3) is 0 Å². The van der Waals surface area contributed by atoms with Crippen molar-refractivity contribution in [1.29, 1.82) is 0 Å². The zero-order chi connectivity index (χ0) is 13.6. The summed E-state index contributed by atoms with van der Waals surface area (Å²) in [6, 6.07) is 14.1. The molecule has 20 heavy (non-hydrogen) atoms. The molecule has 2 heterocycles. The van der Waals surface area contributed by atoms with Crippen LogP contribution in [0, 0.1) is 0 Å². The summed E-state index contributed by atoms with van der Waals surface area (Å²) in [5.74, 6) is 0. The van der Waals surface area contributed by atoms with Crippen LogP contribution >= 0.6 is 0 Å². The normalized spacial score (nSPS) is 17.0. The van der Waals surface area contributed by atoms with Crippen LogP contribution in [0.25, 0.3) is 11.1 Å². The molecule has 0 atom stereocenters. The second kappa shape index (κ2) is 4.08. The van der Waals surface area contributed by atoms with Gasteiger partial charge in [-0.05, 0) is 35.4 Å². The van der Waals surface area contributed by atoms with Crippen molar-refractivity contribution in [2.75, 3.05) is 18.9 Å². The Morgan fingerprint density at radius 1 is 1.05 bits per heavy atom. The first kappa shape index (κ1) is 11.5.